The predicted molar refractivity (Wildman–Crippen MR) is 63.2 cm³/mol. The molecule has 1 amide bonds. The number of carbonyl (C=O) groups is 1. The molecule has 2 aromatic rings. The highest BCUT2D eigenvalue weighted by Crippen LogP contribution is 2.12. The van der Waals surface area contributed by atoms with Crippen molar-refractivity contribution in [3.63, 3.8) is 0 Å². The van der Waals surface area contributed by atoms with E-state index in [1.807, 2.05) is 6.07 Å². The maximum Gasteiger partial charge on any atom is 0.258 e. The summed E-state index contributed by atoms with van der Waals surface area (Å²) >= 11 is 3.30. The lowest BCUT2D eigenvalue weighted by atomic mass is 10.2. The zero-order valence-electron chi connectivity index (χ0n) is 8.49. The van der Waals surface area contributed by atoms with Crippen molar-refractivity contribution in [2.45, 2.75) is 6.92 Å². The van der Waals surface area contributed by atoms with Crippen molar-refractivity contribution < 1.29 is 4.79 Å². The third-order valence-electron chi connectivity index (χ3n) is 1.91. The number of hydrogen-bond acceptors (Lipinski definition) is 3. The van der Waals surface area contributed by atoms with Gasteiger partial charge in [0.15, 0.2) is 0 Å². The van der Waals surface area contributed by atoms with Gasteiger partial charge in [0.25, 0.3) is 5.91 Å². The molecule has 0 spiro atoms. The summed E-state index contributed by atoms with van der Waals surface area (Å²) in [6.45, 7) is 1.77. The van der Waals surface area contributed by atoms with Crippen LogP contribution in [0.25, 0.3) is 0 Å². The molecule has 0 saturated heterocycles. The Morgan fingerprint density at radius 3 is 2.94 bits per heavy atom. The van der Waals surface area contributed by atoms with E-state index in [1.54, 1.807) is 25.1 Å². The van der Waals surface area contributed by atoms with Crippen LogP contribution in [0.4, 0.5) is 5.95 Å². The maximum atomic E-state index is 11.7. The van der Waals surface area contributed by atoms with Gasteiger partial charge in [-0.25, -0.2) is 0 Å². The van der Waals surface area contributed by atoms with E-state index in [1.165, 1.54) is 0 Å². The van der Waals surface area contributed by atoms with Crippen LogP contribution in [0.1, 0.15) is 16.2 Å². The summed E-state index contributed by atoms with van der Waals surface area (Å²) < 4.78 is 0.853. The summed E-state index contributed by atoms with van der Waals surface area (Å²) in [6.07, 6.45) is 0. The first-order valence-electron chi connectivity index (χ1n) is 4.61. The number of anilines is 1. The van der Waals surface area contributed by atoms with E-state index in [4.69, 9.17) is 0 Å². The van der Waals surface area contributed by atoms with Gasteiger partial charge in [0.2, 0.25) is 5.95 Å². The average Bonchev–Trinajstić information content (AvgIpc) is 2.64. The van der Waals surface area contributed by atoms with Crippen LogP contribution < -0.4 is 5.32 Å². The van der Waals surface area contributed by atoms with E-state index in [0.717, 1.165) is 4.47 Å². The van der Waals surface area contributed by atoms with Crippen LogP contribution in [-0.4, -0.2) is 21.1 Å². The molecule has 0 fully saturated rings. The van der Waals surface area contributed by atoms with Crippen LogP contribution in [0.5, 0.6) is 0 Å². The van der Waals surface area contributed by atoms with Crippen molar-refractivity contribution in [2.24, 2.45) is 0 Å². The third-order valence-corrected chi connectivity index (χ3v) is 2.40. The Morgan fingerprint density at radius 2 is 2.31 bits per heavy atom. The number of benzene rings is 1. The highest BCUT2D eigenvalue weighted by molar-refractivity contribution is 9.10. The second-order valence-corrected chi connectivity index (χ2v) is 4.12. The van der Waals surface area contributed by atoms with Crippen LogP contribution in [0, 0.1) is 6.92 Å². The molecule has 0 aliphatic heterocycles. The van der Waals surface area contributed by atoms with Crippen LogP contribution >= 0.6 is 15.9 Å². The van der Waals surface area contributed by atoms with Crippen molar-refractivity contribution in [1.82, 2.24) is 15.2 Å². The van der Waals surface area contributed by atoms with Crippen molar-refractivity contribution in [1.29, 1.82) is 0 Å². The lowest BCUT2D eigenvalue weighted by Crippen LogP contribution is -2.12. The van der Waals surface area contributed by atoms with Gasteiger partial charge in [-0.1, -0.05) is 22.0 Å². The molecule has 1 aromatic carbocycles. The van der Waals surface area contributed by atoms with Crippen molar-refractivity contribution in [3.8, 4) is 0 Å². The molecule has 0 saturated carbocycles. The molecule has 1 heterocycles. The summed E-state index contributed by atoms with van der Waals surface area (Å²) in [4.78, 5) is 15.7. The summed E-state index contributed by atoms with van der Waals surface area (Å²) in [5.41, 5.74) is 0.553. The zero-order chi connectivity index (χ0) is 11.5. The number of aryl methyl sites for hydroxylation is 1. The van der Waals surface area contributed by atoms with Crippen molar-refractivity contribution in [2.75, 3.05) is 5.32 Å². The van der Waals surface area contributed by atoms with Crippen molar-refractivity contribution in [3.05, 3.63) is 40.1 Å². The molecule has 1 aromatic heterocycles. The maximum absolute atomic E-state index is 11.7. The standard InChI is InChI=1S/C10H9BrN4O/c1-6-12-10(15-14-6)13-9(16)7-3-2-4-8(11)5-7/h2-5H,1H3,(H2,12,13,14,15,16). The summed E-state index contributed by atoms with van der Waals surface area (Å²) in [5.74, 6) is 0.701. The molecule has 0 unspecified atom stereocenters. The second-order valence-electron chi connectivity index (χ2n) is 3.21. The minimum atomic E-state index is -0.236. The Morgan fingerprint density at radius 1 is 1.50 bits per heavy atom. The number of hydrogen-bond donors (Lipinski definition) is 2. The second kappa shape index (κ2) is 4.44. The minimum absolute atomic E-state index is 0.236. The van der Waals surface area contributed by atoms with Gasteiger partial charge in [-0.3, -0.25) is 15.2 Å². The molecular weight excluding hydrogens is 272 g/mol. The van der Waals surface area contributed by atoms with E-state index in [2.05, 4.69) is 36.4 Å². The number of H-pyrrole nitrogens is 1. The molecule has 5 nitrogen and oxygen atoms in total. The van der Waals surface area contributed by atoms with E-state index >= 15 is 0 Å². The molecule has 0 aliphatic carbocycles. The lowest BCUT2D eigenvalue weighted by Gasteiger charge is -2.00. The van der Waals surface area contributed by atoms with E-state index in [0.29, 0.717) is 11.4 Å². The molecule has 2 N–H and O–H groups in total. The number of amides is 1. The first-order valence-corrected chi connectivity index (χ1v) is 5.40. The molecule has 0 radical (unpaired) electrons. The van der Waals surface area contributed by atoms with Crippen LogP contribution in [0.2, 0.25) is 0 Å². The van der Waals surface area contributed by atoms with Gasteiger partial charge < -0.3 is 0 Å². The number of aromatic amines is 1. The first kappa shape index (κ1) is 10.8. The normalized spacial score (nSPS) is 10.1. The number of nitrogens with zero attached hydrogens (tertiary/aromatic N) is 2. The van der Waals surface area contributed by atoms with Crippen LogP contribution in [0.15, 0.2) is 28.7 Å². The van der Waals surface area contributed by atoms with E-state index in [-0.39, 0.29) is 11.9 Å². The molecule has 82 valence electrons. The van der Waals surface area contributed by atoms with Gasteiger partial charge in [0.1, 0.15) is 5.82 Å². The van der Waals surface area contributed by atoms with Crippen LogP contribution in [-0.2, 0) is 0 Å². The zero-order valence-corrected chi connectivity index (χ0v) is 10.1. The smallest absolute Gasteiger partial charge is 0.258 e. The summed E-state index contributed by atoms with van der Waals surface area (Å²) in [5, 5.41) is 9.07. The third kappa shape index (κ3) is 2.46. The number of halogens is 1. The van der Waals surface area contributed by atoms with Gasteiger partial charge in [0, 0.05) is 10.0 Å². The molecule has 2 rings (SSSR count). The Balaban J connectivity index is 2.14. The summed E-state index contributed by atoms with van der Waals surface area (Å²) in [6, 6.07) is 7.10. The summed E-state index contributed by atoms with van der Waals surface area (Å²) in [7, 11) is 0. The number of aromatic nitrogens is 3. The topological polar surface area (TPSA) is 70.7 Å². The van der Waals surface area contributed by atoms with Gasteiger partial charge in [-0.15, -0.1) is 5.10 Å². The van der Waals surface area contributed by atoms with Gasteiger partial charge in [-0.05, 0) is 25.1 Å². The quantitative estimate of drug-likeness (QED) is 0.885. The average molecular weight is 281 g/mol. The van der Waals surface area contributed by atoms with E-state index in [9.17, 15) is 4.79 Å². The molecule has 0 bridgehead atoms. The predicted octanol–water partition coefficient (Wildman–Crippen LogP) is 2.13. The monoisotopic (exact) mass is 280 g/mol. The molecule has 16 heavy (non-hydrogen) atoms. The molecule has 6 heteroatoms. The van der Waals surface area contributed by atoms with Gasteiger partial charge >= 0.3 is 0 Å². The number of carbonyl (C=O) groups excluding carboxylic acids is 1. The van der Waals surface area contributed by atoms with Crippen molar-refractivity contribution >= 4 is 27.8 Å². The van der Waals surface area contributed by atoms with Gasteiger partial charge in [-0.2, -0.15) is 4.98 Å². The fraction of sp³-hybridized carbons (Fsp3) is 0.100. The first-order chi connectivity index (χ1) is 7.65. The highest BCUT2D eigenvalue weighted by atomic mass is 79.9. The molecular formula is C10H9BrN4O. The van der Waals surface area contributed by atoms with E-state index < -0.39 is 0 Å². The fourth-order valence-corrected chi connectivity index (χ4v) is 1.60. The fourth-order valence-electron chi connectivity index (χ4n) is 1.20. The van der Waals surface area contributed by atoms with Crippen LogP contribution in [0.3, 0.4) is 0 Å². The Labute approximate surface area is 100 Å². The lowest BCUT2D eigenvalue weighted by molar-refractivity contribution is 0.102. The number of rotatable bonds is 2. The Hall–Kier alpha value is -1.69. The highest BCUT2D eigenvalue weighted by Gasteiger charge is 2.08. The minimum Gasteiger partial charge on any atom is -0.289 e. The SMILES string of the molecule is Cc1nc(NC(=O)c2cccc(Br)c2)n[nH]1. The molecule has 0 aliphatic rings. The Kier molecular flexibility index (Phi) is 3.00. The largest absolute Gasteiger partial charge is 0.289 e. The Bertz CT molecular complexity index is 523. The van der Waals surface area contributed by atoms with Gasteiger partial charge in [0.05, 0.1) is 0 Å². The molecule has 0 atom stereocenters. The number of nitrogens with one attached hydrogen (secondary N) is 2.